The Balaban J connectivity index is 0.00000228. The van der Waals surface area contributed by atoms with Crippen LogP contribution < -0.4 is 10.2 Å². The molecule has 3 atom stereocenters. The third-order valence-corrected chi connectivity index (χ3v) is 9.03. The summed E-state index contributed by atoms with van der Waals surface area (Å²) in [6.45, 7) is 4.74. The van der Waals surface area contributed by atoms with Gasteiger partial charge in [-0.2, -0.15) is 5.10 Å². The lowest BCUT2D eigenvalue weighted by Gasteiger charge is -2.45. The molecule has 0 aliphatic carbocycles. The average Bonchev–Trinajstić information content (AvgIpc) is 3.49. The zero-order valence-electron chi connectivity index (χ0n) is 19.1. The van der Waals surface area contributed by atoms with Crippen LogP contribution in [-0.2, 0) is 7.05 Å². The molecule has 2 bridgehead atoms. The third kappa shape index (κ3) is 4.03. The second-order valence-electron chi connectivity index (χ2n) is 9.73. The Morgan fingerprint density at radius 2 is 1.67 bits per heavy atom. The summed E-state index contributed by atoms with van der Waals surface area (Å²) in [5.74, 6) is 0. The largest absolute Gasteiger partial charge is 0.348 e. The Kier molecular flexibility index (Phi) is 5.47. The Morgan fingerprint density at radius 1 is 1.00 bits per heavy atom. The summed E-state index contributed by atoms with van der Waals surface area (Å²) in [6.07, 6.45) is 12.1. The average molecular weight is 503 g/mol. The van der Waals surface area contributed by atoms with Gasteiger partial charge in [-0.15, -0.1) is 12.4 Å². The van der Waals surface area contributed by atoms with Gasteiger partial charge in [0.2, 0.25) is 0 Å². The fourth-order valence-corrected chi connectivity index (χ4v) is 7.32. The maximum absolute atomic E-state index is 4.94. The molecule has 2 saturated heterocycles. The molecule has 6 rings (SSSR count). The van der Waals surface area contributed by atoms with Crippen LogP contribution in [0.1, 0.15) is 39.5 Å². The molecule has 174 valence electrons. The van der Waals surface area contributed by atoms with Crippen LogP contribution in [0.5, 0.6) is 0 Å². The number of piperidine rings is 1. The van der Waals surface area contributed by atoms with Crippen LogP contribution in [0.4, 0.5) is 5.13 Å². The van der Waals surface area contributed by atoms with E-state index in [4.69, 9.17) is 9.97 Å². The highest BCUT2D eigenvalue weighted by Gasteiger charge is 2.49. The van der Waals surface area contributed by atoms with Gasteiger partial charge in [-0.05, 0) is 39.5 Å². The minimum Gasteiger partial charge on any atom is -0.348 e. The molecule has 1 N–H and O–H groups in total. The first-order chi connectivity index (χ1) is 15.3. The van der Waals surface area contributed by atoms with Gasteiger partial charge in [-0.3, -0.25) is 9.67 Å². The lowest BCUT2D eigenvalue weighted by atomic mass is 9.84. The number of hydrogen-bond acceptors (Lipinski definition) is 9. The molecule has 4 aromatic heterocycles. The second kappa shape index (κ2) is 7.97. The lowest BCUT2D eigenvalue weighted by Crippen LogP contribution is -2.58. The fourth-order valence-electron chi connectivity index (χ4n) is 5.29. The van der Waals surface area contributed by atoms with Crippen molar-refractivity contribution in [2.24, 2.45) is 7.05 Å². The van der Waals surface area contributed by atoms with E-state index < -0.39 is 0 Å². The van der Waals surface area contributed by atoms with Crippen molar-refractivity contribution in [3.8, 4) is 22.0 Å². The smallest absolute Gasteiger partial charge is 0.188 e. The molecule has 0 spiro atoms. The first-order valence-electron chi connectivity index (χ1n) is 10.9. The van der Waals surface area contributed by atoms with Crippen molar-refractivity contribution in [2.45, 2.75) is 56.7 Å². The van der Waals surface area contributed by atoms with Crippen molar-refractivity contribution in [3.63, 3.8) is 0 Å². The summed E-state index contributed by atoms with van der Waals surface area (Å²) in [5.41, 5.74) is 3.02. The van der Waals surface area contributed by atoms with Crippen LogP contribution in [0.3, 0.4) is 0 Å². The maximum atomic E-state index is 4.94. The number of anilines is 1. The second-order valence-corrected chi connectivity index (χ2v) is 11.7. The van der Waals surface area contributed by atoms with E-state index >= 15 is 0 Å². The standard InChI is InChI=1S/C22H26N8S2.ClH/c1-21-5-6-22(2,28-21)8-14(7-21)30(4)20-27-19-18(32-20)26-17(31-19)16-11-23-15(10-24-16)13-9-25-29(3)12-13;/h9-12,14,28H,5-8H2,1-4H3;1H/t14?,21-,22+;. The maximum Gasteiger partial charge on any atom is 0.188 e. The number of nitrogens with zero attached hydrogens (tertiary/aromatic N) is 7. The molecule has 2 aliphatic heterocycles. The highest BCUT2D eigenvalue weighted by molar-refractivity contribution is 7.29. The number of rotatable bonds is 4. The van der Waals surface area contributed by atoms with Gasteiger partial charge in [0.25, 0.3) is 0 Å². The van der Waals surface area contributed by atoms with Gasteiger partial charge in [0.1, 0.15) is 10.7 Å². The van der Waals surface area contributed by atoms with E-state index in [2.05, 4.69) is 46.2 Å². The first kappa shape index (κ1) is 22.6. The Morgan fingerprint density at radius 3 is 2.27 bits per heavy atom. The van der Waals surface area contributed by atoms with Crippen molar-refractivity contribution >= 4 is 49.9 Å². The molecule has 0 saturated carbocycles. The van der Waals surface area contributed by atoms with E-state index in [1.807, 2.05) is 13.2 Å². The van der Waals surface area contributed by atoms with E-state index in [0.29, 0.717) is 6.04 Å². The SMILES string of the molecule is CN(c1nc2sc(-c3cnc(-c4cnn(C)c4)cn3)nc2s1)C1C[C@]2(C)CC[C@](C)(C1)N2.Cl. The van der Waals surface area contributed by atoms with E-state index in [1.54, 1.807) is 45.9 Å². The molecule has 11 heteroatoms. The van der Waals surface area contributed by atoms with Gasteiger partial charge >= 0.3 is 0 Å². The predicted octanol–water partition coefficient (Wildman–Crippen LogP) is 4.53. The molecule has 33 heavy (non-hydrogen) atoms. The quantitative estimate of drug-likeness (QED) is 0.438. The first-order valence-corrected chi connectivity index (χ1v) is 12.5. The molecule has 0 amide bonds. The number of thiazole rings is 2. The van der Waals surface area contributed by atoms with Crippen molar-refractivity contribution in [2.75, 3.05) is 11.9 Å². The number of fused-ring (bicyclic) bond motifs is 3. The zero-order valence-corrected chi connectivity index (χ0v) is 21.5. The number of aromatic nitrogens is 6. The molecule has 2 aliphatic rings. The third-order valence-electron chi connectivity index (χ3n) is 6.89. The minimum atomic E-state index is 0. The summed E-state index contributed by atoms with van der Waals surface area (Å²) in [6, 6.07) is 0.499. The van der Waals surface area contributed by atoms with Gasteiger partial charge in [0, 0.05) is 43.0 Å². The molecule has 1 unspecified atom stereocenters. The normalized spacial score (nSPS) is 26.5. The van der Waals surface area contributed by atoms with Crippen molar-refractivity contribution < 1.29 is 0 Å². The van der Waals surface area contributed by atoms with Crippen molar-refractivity contribution in [1.29, 1.82) is 0 Å². The molecule has 0 radical (unpaired) electrons. The Labute approximate surface area is 206 Å². The van der Waals surface area contributed by atoms with Crippen LogP contribution >= 0.6 is 35.1 Å². The molecule has 4 aromatic rings. The van der Waals surface area contributed by atoms with Crippen LogP contribution in [0.2, 0.25) is 0 Å². The molecule has 2 fully saturated rings. The summed E-state index contributed by atoms with van der Waals surface area (Å²) in [5, 5.41) is 9.98. The number of hydrogen-bond donors (Lipinski definition) is 1. The number of aryl methyl sites for hydroxylation is 1. The monoisotopic (exact) mass is 502 g/mol. The van der Waals surface area contributed by atoms with Crippen LogP contribution in [-0.4, -0.2) is 53.9 Å². The Bertz CT molecular complexity index is 1250. The Hall–Kier alpha value is -2.14. The van der Waals surface area contributed by atoms with Crippen LogP contribution in [0, 0.1) is 0 Å². The van der Waals surface area contributed by atoms with Crippen molar-refractivity contribution in [3.05, 3.63) is 24.8 Å². The van der Waals surface area contributed by atoms with E-state index in [-0.39, 0.29) is 23.5 Å². The number of halogens is 1. The summed E-state index contributed by atoms with van der Waals surface area (Å²) >= 11 is 3.26. The highest BCUT2D eigenvalue weighted by atomic mass is 35.5. The van der Waals surface area contributed by atoms with Gasteiger partial charge in [-0.25, -0.2) is 15.0 Å². The molecular formula is C22H27ClN8S2. The lowest BCUT2D eigenvalue weighted by molar-refractivity contribution is 0.208. The fraction of sp³-hybridized carbons (Fsp3) is 0.500. The molecule has 6 heterocycles. The van der Waals surface area contributed by atoms with E-state index in [0.717, 1.165) is 49.6 Å². The van der Waals surface area contributed by atoms with E-state index in [1.165, 1.54) is 12.8 Å². The molecule has 0 aromatic carbocycles. The molecule has 8 nitrogen and oxygen atoms in total. The van der Waals surface area contributed by atoms with Crippen molar-refractivity contribution in [1.82, 2.24) is 35.0 Å². The minimum absolute atomic E-state index is 0. The van der Waals surface area contributed by atoms with Gasteiger partial charge in [0.15, 0.2) is 14.8 Å². The summed E-state index contributed by atoms with van der Waals surface area (Å²) < 4.78 is 1.76. The van der Waals surface area contributed by atoms with Gasteiger partial charge < -0.3 is 10.2 Å². The summed E-state index contributed by atoms with van der Waals surface area (Å²) in [7, 11) is 4.08. The van der Waals surface area contributed by atoms with Crippen LogP contribution in [0.25, 0.3) is 31.6 Å². The van der Waals surface area contributed by atoms with Gasteiger partial charge in [-0.1, -0.05) is 22.7 Å². The zero-order chi connectivity index (χ0) is 22.1. The predicted molar refractivity (Wildman–Crippen MR) is 136 cm³/mol. The highest BCUT2D eigenvalue weighted by Crippen LogP contribution is 2.45. The number of nitrogens with one attached hydrogen (secondary N) is 1. The van der Waals surface area contributed by atoms with E-state index in [9.17, 15) is 0 Å². The molecular weight excluding hydrogens is 476 g/mol. The van der Waals surface area contributed by atoms with Crippen LogP contribution in [0.15, 0.2) is 24.8 Å². The summed E-state index contributed by atoms with van der Waals surface area (Å²) in [4.78, 5) is 23.2. The van der Waals surface area contributed by atoms with Gasteiger partial charge in [0.05, 0.1) is 24.3 Å². The topological polar surface area (TPSA) is 84.7 Å².